The number of pyridine rings is 1. The number of furan rings is 1. The summed E-state index contributed by atoms with van der Waals surface area (Å²) in [6.45, 7) is 3.73. The number of rotatable bonds is 4. The van der Waals surface area contributed by atoms with E-state index < -0.39 is 0 Å². The van der Waals surface area contributed by atoms with Gasteiger partial charge in [0.2, 0.25) is 5.91 Å². The summed E-state index contributed by atoms with van der Waals surface area (Å²) in [6.07, 6.45) is 6.58. The van der Waals surface area contributed by atoms with Gasteiger partial charge >= 0.3 is 0 Å². The Bertz CT molecular complexity index is 1070. The standard InChI is InChI=1S/C24H26N6O3/c31-23(29-12-14-30(15-13-29)24(32)21-4-2-16-33-21)18-7-10-28(11-8-18)22-6-5-20(26-27-22)19-3-1-9-25-17-19/h1-6,9,16-18H,7-8,10-15H2. The molecule has 0 unspecified atom stereocenters. The van der Waals surface area contributed by atoms with Crippen LogP contribution in [0.2, 0.25) is 0 Å². The topological polar surface area (TPSA) is 95.7 Å². The van der Waals surface area contributed by atoms with Crippen molar-refractivity contribution >= 4 is 17.6 Å². The van der Waals surface area contributed by atoms with E-state index in [9.17, 15) is 9.59 Å². The number of nitrogens with zero attached hydrogens (tertiary/aromatic N) is 6. The van der Waals surface area contributed by atoms with Crippen LogP contribution in [-0.4, -0.2) is 76.1 Å². The van der Waals surface area contributed by atoms with Gasteiger partial charge in [0.05, 0.1) is 12.0 Å². The summed E-state index contributed by atoms with van der Waals surface area (Å²) in [6, 6.07) is 11.2. The number of hydrogen-bond donors (Lipinski definition) is 0. The molecule has 2 aliphatic rings. The van der Waals surface area contributed by atoms with Crippen LogP contribution in [0.25, 0.3) is 11.3 Å². The molecule has 0 aromatic carbocycles. The number of piperidine rings is 1. The van der Waals surface area contributed by atoms with E-state index in [0.29, 0.717) is 31.9 Å². The maximum atomic E-state index is 13.1. The van der Waals surface area contributed by atoms with Crippen molar-refractivity contribution in [1.29, 1.82) is 0 Å². The first-order valence-electron chi connectivity index (χ1n) is 11.3. The average Bonchev–Trinajstić information content (AvgIpc) is 3.44. The smallest absolute Gasteiger partial charge is 0.289 e. The van der Waals surface area contributed by atoms with E-state index >= 15 is 0 Å². The van der Waals surface area contributed by atoms with Crippen LogP contribution >= 0.6 is 0 Å². The predicted octanol–water partition coefficient (Wildman–Crippen LogP) is 2.33. The molecule has 0 saturated carbocycles. The second-order valence-electron chi connectivity index (χ2n) is 8.37. The Balaban J connectivity index is 1.12. The Morgan fingerprint density at radius 1 is 0.879 bits per heavy atom. The van der Waals surface area contributed by atoms with Gasteiger partial charge in [0.1, 0.15) is 0 Å². The molecule has 0 bridgehead atoms. The summed E-state index contributed by atoms with van der Waals surface area (Å²) in [5.41, 5.74) is 1.73. The zero-order valence-electron chi connectivity index (χ0n) is 18.3. The molecule has 0 spiro atoms. The van der Waals surface area contributed by atoms with Crippen LogP contribution in [0.3, 0.4) is 0 Å². The van der Waals surface area contributed by atoms with Crippen LogP contribution in [0.15, 0.2) is 59.5 Å². The number of anilines is 1. The molecule has 3 aromatic heterocycles. The minimum Gasteiger partial charge on any atom is -0.459 e. The van der Waals surface area contributed by atoms with Crippen molar-refractivity contribution in [3.8, 4) is 11.3 Å². The van der Waals surface area contributed by atoms with Gasteiger partial charge in [-0.25, -0.2) is 0 Å². The molecule has 2 fully saturated rings. The van der Waals surface area contributed by atoms with Crippen LogP contribution in [0.5, 0.6) is 0 Å². The average molecular weight is 447 g/mol. The van der Waals surface area contributed by atoms with E-state index in [1.807, 2.05) is 29.2 Å². The zero-order valence-corrected chi connectivity index (χ0v) is 18.3. The van der Waals surface area contributed by atoms with Gasteiger partial charge in [0.15, 0.2) is 11.6 Å². The minimum atomic E-state index is -0.115. The normalized spacial score (nSPS) is 17.3. The lowest BCUT2D eigenvalue weighted by Gasteiger charge is -2.38. The Morgan fingerprint density at radius 3 is 2.30 bits per heavy atom. The number of carbonyl (C=O) groups excluding carboxylic acids is 2. The Labute approximate surface area is 192 Å². The van der Waals surface area contributed by atoms with E-state index in [0.717, 1.165) is 43.0 Å². The molecule has 0 radical (unpaired) electrons. The Hall–Kier alpha value is -3.75. The fraction of sp³-hybridized carbons (Fsp3) is 0.375. The largest absolute Gasteiger partial charge is 0.459 e. The molecule has 0 N–H and O–H groups in total. The maximum absolute atomic E-state index is 13.1. The third kappa shape index (κ3) is 4.57. The molecular weight excluding hydrogens is 420 g/mol. The highest BCUT2D eigenvalue weighted by atomic mass is 16.3. The van der Waals surface area contributed by atoms with Gasteiger partial charge < -0.3 is 19.1 Å². The zero-order chi connectivity index (χ0) is 22.6. The first-order chi connectivity index (χ1) is 16.2. The van der Waals surface area contributed by atoms with Crippen molar-refractivity contribution in [3.63, 3.8) is 0 Å². The third-order valence-corrected chi connectivity index (χ3v) is 6.39. The van der Waals surface area contributed by atoms with Gasteiger partial charge in [-0.1, -0.05) is 0 Å². The predicted molar refractivity (Wildman–Crippen MR) is 121 cm³/mol. The van der Waals surface area contributed by atoms with Crippen LogP contribution in [-0.2, 0) is 4.79 Å². The van der Waals surface area contributed by atoms with Crippen LogP contribution in [0, 0.1) is 5.92 Å². The van der Waals surface area contributed by atoms with Gasteiger partial charge in [0, 0.05) is 63.1 Å². The molecular formula is C24H26N6O3. The van der Waals surface area contributed by atoms with Crippen LogP contribution in [0.1, 0.15) is 23.4 Å². The highest BCUT2D eigenvalue weighted by Crippen LogP contribution is 2.25. The molecule has 5 heterocycles. The van der Waals surface area contributed by atoms with Crippen molar-refractivity contribution < 1.29 is 14.0 Å². The highest BCUT2D eigenvalue weighted by molar-refractivity contribution is 5.91. The highest BCUT2D eigenvalue weighted by Gasteiger charge is 2.32. The fourth-order valence-corrected chi connectivity index (χ4v) is 4.46. The lowest BCUT2D eigenvalue weighted by Crippen LogP contribution is -2.53. The summed E-state index contributed by atoms with van der Waals surface area (Å²) < 4.78 is 5.20. The van der Waals surface area contributed by atoms with E-state index in [2.05, 4.69) is 20.1 Å². The summed E-state index contributed by atoms with van der Waals surface area (Å²) in [4.78, 5) is 35.4. The minimum absolute atomic E-state index is 0.0104. The number of carbonyl (C=O) groups is 2. The monoisotopic (exact) mass is 446 g/mol. The van der Waals surface area contributed by atoms with Crippen LogP contribution in [0.4, 0.5) is 5.82 Å². The molecule has 2 aliphatic heterocycles. The molecule has 9 nitrogen and oxygen atoms in total. The first-order valence-corrected chi connectivity index (χ1v) is 11.3. The van der Waals surface area contributed by atoms with E-state index in [4.69, 9.17) is 4.42 Å². The molecule has 170 valence electrons. The molecule has 33 heavy (non-hydrogen) atoms. The van der Waals surface area contributed by atoms with Gasteiger partial charge in [-0.3, -0.25) is 14.6 Å². The molecule has 0 atom stereocenters. The number of aromatic nitrogens is 3. The number of amides is 2. The fourth-order valence-electron chi connectivity index (χ4n) is 4.46. The lowest BCUT2D eigenvalue weighted by atomic mass is 9.95. The van der Waals surface area contributed by atoms with Crippen LogP contribution < -0.4 is 4.90 Å². The third-order valence-electron chi connectivity index (χ3n) is 6.39. The quantitative estimate of drug-likeness (QED) is 0.607. The maximum Gasteiger partial charge on any atom is 0.289 e. The van der Waals surface area contributed by atoms with E-state index in [1.54, 1.807) is 29.4 Å². The van der Waals surface area contributed by atoms with Crippen molar-refractivity contribution in [2.75, 3.05) is 44.2 Å². The van der Waals surface area contributed by atoms with Gasteiger partial charge in [-0.05, 0) is 49.2 Å². The Morgan fingerprint density at radius 2 is 1.67 bits per heavy atom. The van der Waals surface area contributed by atoms with E-state index in [-0.39, 0.29) is 17.7 Å². The summed E-state index contributed by atoms with van der Waals surface area (Å²) in [5.74, 6) is 1.27. The second kappa shape index (κ2) is 9.40. The van der Waals surface area contributed by atoms with E-state index in [1.165, 1.54) is 6.26 Å². The van der Waals surface area contributed by atoms with Crippen molar-refractivity contribution in [3.05, 3.63) is 60.8 Å². The van der Waals surface area contributed by atoms with Gasteiger partial charge in [0.25, 0.3) is 5.91 Å². The van der Waals surface area contributed by atoms with Gasteiger partial charge in [-0.15, -0.1) is 10.2 Å². The van der Waals surface area contributed by atoms with Crippen molar-refractivity contribution in [1.82, 2.24) is 25.0 Å². The molecule has 2 saturated heterocycles. The SMILES string of the molecule is O=C(c1ccco1)N1CCN(C(=O)C2CCN(c3ccc(-c4cccnc4)nn3)CC2)CC1. The summed E-state index contributed by atoms with van der Waals surface area (Å²) >= 11 is 0. The van der Waals surface area contributed by atoms with Crippen molar-refractivity contribution in [2.24, 2.45) is 5.92 Å². The Kier molecular flexibility index (Phi) is 6.01. The summed E-state index contributed by atoms with van der Waals surface area (Å²) in [5, 5.41) is 8.74. The molecule has 0 aliphatic carbocycles. The second-order valence-corrected chi connectivity index (χ2v) is 8.37. The van der Waals surface area contributed by atoms with Crippen molar-refractivity contribution in [2.45, 2.75) is 12.8 Å². The summed E-state index contributed by atoms with van der Waals surface area (Å²) in [7, 11) is 0. The van der Waals surface area contributed by atoms with Gasteiger partial charge in [-0.2, -0.15) is 0 Å². The molecule has 9 heteroatoms. The number of hydrogen-bond acceptors (Lipinski definition) is 7. The lowest BCUT2D eigenvalue weighted by molar-refractivity contribution is -0.137. The molecule has 5 rings (SSSR count). The molecule has 3 aromatic rings. The molecule has 2 amide bonds. The first kappa shape index (κ1) is 21.1. The number of piperazine rings is 1.